The van der Waals surface area contributed by atoms with Crippen molar-refractivity contribution in [2.75, 3.05) is 13.7 Å². The molecule has 0 aromatic heterocycles. The predicted octanol–water partition coefficient (Wildman–Crippen LogP) is 2.89. The van der Waals surface area contributed by atoms with Crippen LogP contribution in [-0.4, -0.2) is 31.7 Å². The average Bonchev–Trinajstić information content (AvgIpc) is 2.71. The monoisotopic (exact) mass is 340 g/mol. The molecule has 2 N–H and O–H groups in total. The van der Waals surface area contributed by atoms with Gasteiger partial charge in [-0.05, 0) is 50.8 Å². The molecular weight excluding hydrogens is 316 g/mol. The van der Waals surface area contributed by atoms with Crippen LogP contribution in [0.3, 0.4) is 0 Å². The van der Waals surface area contributed by atoms with Crippen LogP contribution >= 0.6 is 11.6 Å². The van der Waals surface area contributed by atoms with Gasteiger partial charge in [-0.3, -0.25) is 4.79 Å². The zero-order chi connectivity index (χ0) is 16.8. The van der Waals surface area contributed by atoms with Crippen molar-refractivity contribution in [2.24, 2.45) is 0 Å². The maximum atomic E-state index is 12.0. The summed E-state index contributed by atoms with van der Waals surface area (Å²) in [5.41, 5.74) is 0.958. The van der Waals surface area contributed by atoms with E-state index in [1.165, 1.54) is 0 Å². The summed E-state index contributed by atoms with van der Waals surface area (Å²) in [6.07, 6.45) is 2.94. The van der Waals surface area contributed by atoms with Crippen LogP contribution in [0.2, 0.25) is 5.02 Å². The summed E-state index contributed by atoms with van der Waals surface area (Å²) >= 11 is 6.32. The van der Waals surface area contributed by atoms with Crippen molar-refractivity contribution in [2.45, 2.75) is 51.8 Å². The quantitative estimate of drug-likeness (QED) is 0.836. The second kappa shape index (κ2) is 8.41. The van der Waals surface area contributed by atoms with Crippen LogP contribution in [0.1, 0.15) is 38.7 Å². The predicted molar refractivity (Wildman–Crippen MR) is 91.3 cm³/mol. The molecule has 6 heteroatoms. The molecular formula is C17H25ClN2O3. The van der Waals surface area contributed by atoms with Gasteiger partial charge in [0.25, 0.3) is 0 Å². The maximum absolute atomic E-state index is 12.0. The van der Waals surface area contributed by atoms with E-state index in [0.717, 1.165) is 31.4 Å². The molecule has 0 aliphatic carbocycles. The first-order chi connectivity index (χ1) is 11.0. The van der Waals surface area contributed by atoms with Crippen LogP contribution in [0.5, 0.6) is 11.5 Å². The van der Waals surface area contributed by atoms with E-state index in [9.17, 15) is 4.79 Å². The fourth-order valence-electron chi connectivity index (χ4n) is 2.60. The molecule has 128 valence electrons. The Morgan fingerprint density at radius 1 is 1.39 bits per heavy atom. The number of hydrogen-bond acceptors (Lipinski definition) is 4. The topological polar surface area (TPSA) is 59.6 Å². The van der Waals surface area contributed by atoms with Gasteiger partial charge < -0.3 is 20.1 Å². The molecule has 1 atom stereocenters. The molecule has 2 rings (SSSR count). The fraction of sp³-hybridized carbons (Fsp3) is 0.588. The van der Waals surface area contributed by atoms with Gasteiger partial charge in [0.15, 0.2) is 11.5 Å². The first-order valence-corrected chi connectivity index (χ1v) is 8.43. The lowest BCUT2D eigenvalue weighted by Gasteiger charge is -2.18. The molecule has 1 fully saturated rings. The third-order valence-electron chi connectivity index (χ3n) is 3.73. The molecule has 1 aliphatic rings. The number of carbonyl (C=O) groups excluding carboxylic acids is 1. The third-order valence-corrected chi connectivity index (χ3v) is 4.01. The molecule has 1 heterocycles. The number of halogens is 1. The lowest BCUT2D eigenvalue weighted by Crippen LogP contribution is -2.42. The number of nitrogens with one attached hydrogen (secondary N) is 2. The highest BCUT2D eigenvalue weighted by atomic mass is 35.5. The second-order valence-electron chi connectivity index (χ2n) is 6.00. The summed E-state index contributed by atoms with van der Waals surface area (Å²) in [5.74, 6) is 1.23. The minimum atomic E-state index is -0.158. The molecule has 0 radical (unpaired) electrons. The number of amides is 1. The van der Waals surface area contributed by atoms with Gasteiger partial charge in [-0.2, -0.15) is 0 Å². The van der Waals surface area contributed by atoms with Crippen molar-refractivity contribution in [3.8, 4) is 11.5 Å². The van der Waals surface area contributed by atoms with Gasteiger partial charge in [0.1, 0.15) is 0 Å². The van der Waals surface area contributed by atoms with E-state index < -0.39 is 0 Å². The Hall–Kier alpha value is -1.46. The summed E-state index contributed by atoms with van der Waals surface area (Å²) in [5, 5.41) is 6.74. The molecule has 0 spiro atoms. The molecule has 0 unspecified atom stereocenters. The van der Waals surface area contributed by atoms with Gasteiger partial charge in [0.2, 0.25) is 5.91 Å². The van der Waals surface area contributed by atoms with E-state index in [0.29, 0.717) is 23.1 Å². The van der Waals surface area contributed by atoms with Gasteiger partial charge in [0.05, 0.1) is 24.3 Å². The van der Waals surface area contributed by atoms with E-state index in [4.69, 9.17) is 21.1 Å². The van der Waals surface area contributed by atoms with Gasteiger partial charge >= 0.3 is 0 Å². The fourth-order valence-corrected chi connectivity index (χ4v) is 2.88. The number of methoxy groups -OCH3 is 1. The van der Waals surface area contributed by atoms with E-state index in [1.54, 1.807) is 7.11 Å². The first-order valence-electron chi connectivity index (χ1n) is 8.05. The van der Waals surface area contributed by atoms with Crippen molar-refractivity contribution in [3.63, 3.8) is 0 Å². The van der Waals surface area contributed by atoms with Gasteiger partial charge in [0, 0.05) is 13.1 Å². The average molecular weight is 341 g/mol. The van der Waals surface area contributed by atoms with Crippen molar-refractivity contribution < 1.29 is 14.3 Å². The Bertz CT molecular complexity index is 549. The minimum Gasteiger partial charge on any atom is -0.493 e. The first kappa shape index (κ1) is 17.9. The Morgan fingerprint density at radius 3 is 2.87 bits per heavy atom. The Kier molecular flexibility index (Phi) is 6.54. The molecule has 23 heavy (non-hydrogen) atoms. The second-order valence-corrected chi connectivity index (χ2v) is 6.40. The molecule has 1 aromatic carbocycles. The number of benzene rings is 1. The normalized spacial score (nSPS) is 18.5. The summed E-state index contributed by atoms with van der Waals surface area (Å²) < 4.78 is 11.1. The van der Waals surface area contributed by atoms with Crippen LogP contribution < -0.4 is 20.1 Å². The number of carbonyl (C=O) groups is 1. The van der Waals surface area contributed by atoms with Crippen LogP contribution in [0.15, 0.2) is 12.1 Å². The largest absolute Gasteiger partial charge is 0.493 e. The summed E-state index contributed by atoms with van der Waals surface area (Å²) in [7, 11) is 1.59. The Morgan fingerprint density at radius 2 is 2.17 bits per heavy atom. The minimum absolute atomic E-state index is 0.0139. The van der Waals surface area contributed by atoms with E-state index in [2.05, 4.69) is 10.6 Å². The highest BCUT2D eigenvalue weighted by Gasteiger charge is 2.20. The van der Waals surface area contributed by atoms with Gasteiger partial charge in [-0.15, -0.1) is 0 Å². The molecule has 1 saturated heterocycles. The Labute approximate surface area is 142 Å². The summed E-state index contributed by atoms with van der Waals surface area (Å²) in [6, 6.07) is 3.59. The zero-order valence-electron chi connectivity index (χ0n) is 13.9. The Balaban J connectivity index is 2.08. The molecule has 0 saturated carbocycles. The summed E-state index contributed by atoms with van der Waals surface area (Å²) in [6.45, 7) is 5.19. The van der Waals surface area contributed by atoms with Gasteiger partial charge in [-0.25, -0.2) is 0 Å². The third kappa shape index (κ3) is 5.01. The van der Waals surface area contributed by atoms with Crippen LogP contribution in [0.4, 0.5) is 0 Å². The standard InChI is InChI=1S/C17H25ClN2O3/c1-11(2)23-16-13(18)8-12(9-15(16)22-3)10-20-14-6-4-5-7-19-17(14)21/h8-9,11,14,20H,4-7,10H2,1-3H3,(H,19,21)/t14-/m1/s1. The number of ether oxygens (including phenoxy) is 2. The molecule has 5 nitrogen and oxygen atoms in total. The smallest absolute Gasteiger partial charge is 0.237 e. The molecule has 1 amide bonds. The van der Waals surface area contributed by atoms with Crippen molar-refractivity contribution in [1.82, 2.24) is 10.6 Å². The molecule has 0 bridgehead atoms. The molecule has 1 aliphatic heterocycles. The highest BCUT2D eigenvalue weighted by molar-refractivity contribution is 6.32. The van der Waals surface area contributed by atoms with Gasteiger partial charge in [-0.1, -0.05) is 11.6 Å². The SMILES string of the molecule is COc1cc(CN[C@@H]2CCCCNC2=O)cc(Cl)c1OC(C)C. The van der Waals surface area contributed by atoms with Crippen LogP contribution in [-0.2, 0) is 11.3 Å². The van der Waals surface area contributed by atoms with Crippen LogP contribution in [0.25, 0.3) is 0 Å². The summed E-state index contributed by atoms with van der Waals surface area (Å²) in [4.78, 5) is 12.0. The lowest BCUT2D eigenvalue weighted by atomic mass is 10.1. The molecule has 1 aromatic rings. The van der Waals surface area contributed by atoms with Crippen molar-refractivity contribution in [1.29, 1.82) is 0 Å². The number of hydrogen-bond donors (Lipinski definition) is 2. The van der Waals surface area contributed by atoms with E-state index in [1.807, 2.05) is 26.0 Å². The van der Waals surface area contributed by atoms with Crippen molar-refractivity contribution >= 4 is 17.5 Å². The van der Waals surface area contributed by atoms with Crippen molar-refractivity contribution in [3.05, 3.63) is 22.7 Å². The van der Waals surface area contributed by atoms with E-state index in [-0.39, 0.29) is 18.1 Å². The number of rotatable bonds is 6. The van der Waals surface area contributed by atoms with Crippen LogP contribution in [0, 0.1) is 0 Å². The lowest BCUT2D eigenvalue weighted by molar-refractivity contribution is -0.122. The zero-order valence-corrected chi connectivity index (χ0v) is 14.7. The highest BCUT2D eigenvalue weighted by Crippen LogP contribution is 2.37. The van der Waals surface area contributed by atoms with E-state index >= 15 is 0 Å². The maximum Gasteiger partial charge on any atom is 0.237 e.